The molecule has 0 aliphatic rings. The maximum absolute atomic E-state index is 12.1. The largest absolute Gasteiger partial charge is 0.405 e. The predicted molar refractivity (Wildman–Crippen MR) is 83.9 cm³/mol. The summed E-state index contributed by atoms with van der Waals surface area (Å²) in [5, 5.41) is 6.08. The number of carbonyl (C=O) groups is 1. The van der Waals surface area contributed by atoms with Crippen molar-refractivity contribution in [1.82, 2.24) is 15.1 Å². The van der Waals surface area contributed by atoms with Gasteiger partial charge in [-0.3, -0.25) is 9.48 Å². The van der Waals surface area contributed by atoms with Crippen molar-refractivity contribution in [3.8, 4) is 11.3 Å². The Balaban J connectivity index is 2.12. The van der Waals surface area contributed by atoms with Gasteiger partial charge in [0, 0.05) is 11.8 Å². The maximum Gasteiger partial charge on any atom is 0.405 e. The van der Waals surface area contributed by atoms with E-state index in [0.29, 0.717) is 10.2 Å². The molecule has 4 nitrogen and oxygen atoms in total. The number of benzene rings is 1. The first kappa shape index (κ1) is 17.5. The number of hydrogen-bond donors (Lipinski definition) is 1. The molecule has 23 heavy (non-hydrogen) atoms. The van der Waals surface area contributed by atoms with E-state index in [-0.39, 0.29) is 6.54 Å². The van der Waals surface area contributed by atoms with Crippen LogP contribution in [0.1, 0.15) is 11.1 Å². The van der Waals surface area contributed by atoms with Crippen molar-refractivity contribution >= 4 is 21.8 Å². The second kappa shape index (κ2) is 6.74. The summed E-state index contributed by atoms with van der Waals surface area (Å²) in [6.45, 7) is 2.35. The molecule has 0 aliphatic heterocycles. The van der Waals surface area contributed by atoms with E-state index in [1.165, 1.54) is 4.68 Å². The quantitative estimate of drug-likeness (QED) is 0.867. The number of alkyl halides is 3. The number of halogens is 4. The van der Waals surface area contributed by atoms with E-state index < -0.39 is 18.6 Å². The molecule has 1 heterocycles. The smallest absolute Gasteiger partial charge is 0.345 e. The molecule has 1 N–H and O–H groups in total. The molecule has 0 spiro atoms. The molecule has 0 unspecified atom stereocenters. The van der Waals surface area contributed by atoms with Crippen molar-refractivity contribution in [3.05, 3.63) is 40.0 Å². The molecule has 0 radical (unpaired) electrons. The summed E-state index contributed by atoms with van der Waals surface area (Å²) < 4.78 is 38.2. The van der Waals surface area contributed by atoms with E-state index in [1.54, 1.807) is 6.20 Å². The van der Waals surface area contributed by atoms with Gasteiger partial charge in [-0.15, -0.1) is 0 Å². The first-order valence-electron chi connectivity index (χ1n) is 6.80. The molecule has 8 heteroatoms. The fourth-order valence-corrected chi connectivity index (χ4v) is 2.51. The van der Waals surface area contributed by atoms with Crippen molar-refractivity contribution in [3.63, 3.8) is 0 Å². The molecule has 0 saturated carbocycles. The number of carbonyl (C=O) groups excluding carboxylic acids is 1. The Morgan fingerprint density at radius 1 is 1.30 bits per heavy atom. The van der Waals surface area contributed by atoms with Gasteiger partial charge in [-0.25, -0.2) is 0 Å². The lowest BCUT2D eigenvalue weighted by Gasteiger charge is -2.08. The molecule has 2 rings (SSSR count). The van der Waals surface area contributed by atoms with E-state index in [1.807, 2.05) is 37.4 Å². The molecule has 0 aliphatic carbocycles. The average molecular weight is 390 g/mol. The zero-order valence-electron chi connectivity index (χ0n) is 12.5. The molecule has 1 amide bonds. The third kappa shape index (κ3) is 4.82. The highest BCUT2D eigenvalue weighted by Gasteiger charge is 2.27. The summed E-state index contributed by atoms with van der Waals surface area (Å²) in [5.41, 5.74) is 3.76. The van der Waals surface area contributed by atoms with Gasteiger partial charge in [0.2, 0.25) is 5.91 Å². The van der Waals surface area contributed by atoms with Crippen LogP contribution in [-0.4, -0.2) is 28.4 Å². The Bertz CT molecular complexity index is 725. The van der Waals surface area contributed by atoms with Crippen LogP contribution in [-0.2, 0) is 11.3 Å². The number of rotatable bonds is 4. The summed E-state index contributed by atoms with van der Waals surface area (Å²) >= 11 is 3.36. The van der Waals surface area contributed by atoms with Crippen molar-refractivity contribution < 1.29 is 18.0 Å². The monoisotopic (exact) mass is 389 g/mol. The topological polar surface area (TPSA) is 46.9 Å². The molecule has 124 valence electrons. The third-order valence-corrected chi connectivity index (χ3v) is 3.87. The van der Waals surface area contributed by atoms with Crippen LogP contribution in [0.15, 0.2) is 28.9 Å². The summed E-state index contributed by atoms with van der Waals surface area (Å²) in [4.78, 5) is 11.5. The molecule has 0 atom stereocenters. The van der Waals surface area contributed by atoms with Gasteiger partial charge in [0.25, 0.3) is 0 Å². The van der Waals surface area contributed by atoms with Crippen molar-refractivity contribution in [2.45, 2.75) is 26.6 Å². The third-order valence-electron chi connectivity index (χ3n) is 3.29. The van der Waals surface area contributed by atoms with Gasteiger partial charge in [-0.1, -0.05) is 12.1 Å². The van der Waals surface area contributed by atoms with Crippen LogP contribution in [0.2, 0.25) is 0 Å². The summed E-state index contributed by atoms with van der Waals surface area (Å²) in [6, 6.07) is 5.84. The van der Waals surface area contributed by atoms with Crippen molar-refractivity contribution in [2.24, 2.45) is 0 Å². The van der Waals surface area contributed by atoms with Gasteiger partial charge in [0.1, 0.15) is 18.8 Å². The van der Waals surface area contributed by atoms with Gasteiger partial charge in [-0.05, 0) is 47.0 Å². The van der Waals surface area contributed by atoms with Crippen molar-refractivity contribution in [1.29, 1.82) is 0 Å². The Morgan fingerprint density at radius 2 is 2.00 bits per heavy atom. The Morgan fingerprint density at radius 3 is 2.61 bits per heavy atom. The van der Waals surface area contributed by atoms with E-state index in [9.17, 15) is 18.0 Å². The highest BCUT2D eigenvalue weighted by Crippen LogP contribution is 2.28. The molecular weight excluding hydrogens is 375 g/mol. The van der Waals surface area contributed by atoms with Gasteiger partial charge in [-0.2, -0.15) is 18.3 Å². The fourth-order valence-electron chi connectivity index (χ4n) is 1.96. The fraction of sp³-hybridized carbons (Fsp3) is 0.333. The molecular formula is C15H15BrF3N3O. The van der Waals surface area contributed by atoms with Crippen LogP contribution in [0.5, 0.6) is 0 Å². The lowest BCUT2D eigenvalue weighted by atomic mass is 10.0. The predicted octanol–water partition coefficient (Wildman–Crippen LogP) is 3.61. The molecule has 2 aromatic rings. The van der Waals surface area contributed by atoms with E-state index >= 15 is 0 Å². The van der Waals surface area contributed by atoms with Crippen LogP contribution in [0.3, 0.4) is 0 Å². The van der Waals surface area contributed by atoms with Crippen LogP contribution in [0.4, 0.5) is 13.2 Å². The van der Waals surface area contributed by atoms with Crippen LogP contribution >= 0.6 is 15.9 Å². The van der Waals surface area contributed by atoms with Gasteiger partial charge in [0.05, 0.1) is 4.47 Å². The maximum atomic E-state index is 12.1. The molecule has 0 bridgehead atoms. The van der Waals surface area contributed by atoms with E-state index in [4.69, 9.17) is 0 Å². The van der Waals surface area contributed by atoms with Crippen LogP contribution < -0.4 is 5.32 Å². The van der Waals surface area contributed by atoms with Crippen LogP contribution in [0, 0.1) is 13.8 Å². The Hall–Kier alpha value is -1.83. The van der Waals surface area contributed by atoms with Crippen LogP contribution in [0.25, 0.3) is 11.3 Å². The minimum absolute atomic E-state index is 0.278. The van der Waals surface area contributed by atoms with Gasteiger partial charge >= 0.3 is 6.18 Å². The first-order valence-corrected chi connectivity index (χ1v) is 7.59. The molecule has 0 fully saturated rings. The number of hydrogen-bond acceptors (Lipinski definition) is 2. The normalized spacial score (nSPS) is 11.6. The summed E-state index contributed by atoms with van der Waals surface area (Å²) in [5.74, 6) is -0.746. The Labute approximate surface area is 139 Å². The zero-order valence-corrected chi connectivity index (χ0v) is 14.1. The number of aryl methyl sites for hydroxylation is 2. The van der Waals surface area contributed by atoms with Gasteiger partial charge < -0.3 is 5.32 Å². The minimum atomic E-state index is -4.43. The SMILES string of the molecule is Cc1ccc(-c2nn(CC(=O)NCC(F)(F)F)cc2Br)cc1C. The second-order valence-corrected chi connectivity index (χ2v) is 6.07. The van der Waals surface area contributed by atoms with Gasteiger partial charge in [0.15, 0.2) is 0 Å². The summed E-state index contributed by atoms with van der Waals surface area (Å²) in [6.07, 6.45) is -2.86. The number of nitrogens with zero attached hydrogens (tertiary/aromatic N) is 2. The Kier molecular flexibility index (Phi) is 5.13. The van der Waals surface area contributed by atoms with E-state index in [0.717, 1.165) is 16.7 Å². The summed E-state index contributed by atoms with van der Waals surface area (Å²) in [7, 11) is 0. The average Bonchev–Trinajstić information content (AvgIpc) is 2.79. The highest BCUT2D eigenvalue weighted by atomic mass is 79.9. The molecule has 1 aromatic heterocycles. The van der Waals surface area contributed by atoms with E-state index in [2.05, 4.69) is 21.0 Å². The molecule has 0 saturated heterocycles. The number of aromatic nitrogens is 2. The number of nitrogens with one attached hydrogen (secondary N) is 1. The second-order valence-electron chi connectivity index (χ2n) is 5.21. The first-order chi connectivity index (χ1) is 10.7. The lowest BCUT2D eigenvalue weighted by molar-refractivity contribution is -0.138. The number of amides is 1. The highest BCUT2D eigenvalue weighted by molar-refractivity contribution is 9.10. The molecule has 1 aromatic carbocycles. The zero-order chi connectivity index (χ0) is 17.2. The standard InChI is InChI=1S/C15H15BrF3N3O/c1-9-3-4-11(5-10(9)2)14-12(16)6-22(21-14)7-13(23)20-8-15(17,18)19/h3-6H,7-8H2,1-2H3,(H,20,23). The lowest BCUT2D eigenvalue weighted by Crippen LogP contribution is -2.35. The minimum Gasteiger partial charge on any atom is -0.345 e. The van der Waals surface area contributed by atoms with Crippen molar-refractivity contribution in [2.75, 3.05) is 6.54 Å².